The lowest BCUT2D eigenvalue weighted by atomic mass is 9.81. The van der Waals surface area contributed by atoms with E-state index >= 15 is 0 Å². The molecule has 4 aromatic carbocycles. The average Bonchev–Trinajstić information content (AvgIpc) is 2.95. The molecule has 4 aromatic rings. The van der Waals surface area contributed by atoms with Crippen LogP contribution in [0.25, 0.3) is 10.8 Å². The molecule has 0 bridgehead atoms. The van der Waals surface area contributed by atoms with Gasteiger partial charge in [0.05, 0.1) is 5.56 Å². The minimum Gasteiger partial charge on any atom is -0.488 e. The minimum atomic E-state index is -4.47. The number of piperidine rings is 1. The van der Waals surface area contributed by atoms with E-state index in [1.165, 1.54) is 18.2 Å². The Kier molecular flexibility index (Phi) is 8.02. The van der Waals surface area contributed by atoms with E-state index in [-0.39, 0.29) is 30.2 Å². The maximum absolute atomic E-state index is 13.2. The fraction of sp³-hybridized carbons (Fsp3) is 0.258. The first-order chi connectivity index (χ1) is 18.9. The van der Waals surface area contributed by atoms with Crippen molar-refractivity contribution in [2.24, 2.45) is 5.92 Å². The molecule has 1 saturated heterocycles. The van der Waals surface area contributed by atoms with Gasteiger partial charge < -0.3 is 20.7 Å². The number of urea groups is 1. The van der Waals surface area contributed by atoms with Gasteiger partial charge >= 0.3 is 12.2 Å². The number of alkyl halides is 3. The molecule has 5 rings (SSSR count). The SMILES string of the molecule is O=C(NCC1CNCCC1c1ccc(COc2ccccc2C(F)(F)F)cc1)Nc1ccc2ccccc2c1. The maximum atomic E-state index is 13.2. The predicted molar refractivity (Wildman–Crippen MR) is 147 cm³/mol. The van der Waals surface area contributed by atoms with Gasteiger partial charge in [0.15, 0.2) is 0 Å². The van der Waals surface area contributed by atoms with Crippen molar-refractivity contribution < 1.29 is 22.7 Å². The van der Waals surface area contributed by atoms with E-state index in [1.54, 1.807) is 0 Å². The van der Waals surface area contributed by atoms with Crippen molar-refractivity contribution in [3.63, 3.8) is 0 Å². The van der Waals surface area contributed by atoms with Crippen LogP contribution in [0, 0.1) is 5.92 Å². The fourth-order valence-electron chi connectivity index (χ4n) is 5.09. The van der Waals surface area contributed by atoms with Crippen LogP contribution >= 0.6 is 0 Å². The molecule has 1 heterocycles. The van der Waals surface area contributed by atoms with Crippen LogP contribution in [0.3, 0.4) is 0 Å². The van der Waals surface area contributed by atoms with Crippen LogP contribution in [0.2, 0.25) is 0 Å². The molecule has 2 atom stereocenters. The maximum Gasteiger partial charge on any atom is 0.419 e. The number of anilines is 1. The average molecular weight is 534 g/mol. The van der Waals surface area contributed by atoms with Crippen molar-refractivity contribution in [1.82, 2.24) is 10.6 Å². The normalized spacial score (nSPS) is 17.5. The van der Waals surface area contributed by atoms with Gasteiger partial charge in [-0.05, 0) is 71.0 Å². The Morgan fingerprint density at radius 2 is 1.67 bits per heavy atom. The number of fused-ring (bicyclic) bond motifs is 1. The van der Waals surface area contributed by atoms with E-state index in [9.17, 15) is 18.0 Å². The van der Waals surface area contributed by atoms with Gasteiger partial charge in [-0.15, -0.1) is 0 Å². The largest absolute Gasteiger partial charge is 0.488 e. The molecule has 3 N–H and O–H groups in total. The minimum absolute atomic E-state index is 0.0412. The first kappa shape index (κ1) is 26.6. The molecule has 1 aliphatic heterocycles. The van der Waals surface area contributed by atoms with E-state index in [0.717, 1.165) is 53.2 Å². The summed E-state index contributed by atoms with van der Waals surface area (Å²) >= 11 is 0. The van der Waals surface area contributed by atoms with Gasteiger partial charge in [0, 0.05) is 18.8 Å². The summed E-state index contributed by atoms with van der Waals surface area (Å²) in [6, 6.07) is 26.6. The third-order valence-electron chi connectivity index (χ3n) is 7.13. The molecular weight excluding hydrogens is 503 g/mol. The summed E-state index contributed by atoms with van der Waals surface area (Å²) in [6.45, 7) is 2.21. The molecule has 2 amide bonds. The number of nitrogens with one attached hydrogen (secondary N) is 3. The first-order valence-electron chi connectivity index (χ1n) is 13.0. The van der Waals surface area contributed by atoms with Crippen LogP contribution in [0.4, 0.5) is 23.7 Å². The number of rotatable bonds is 7. The van der Waals surface area contributed by atoms with E-state index in [4.69, 9.17) is 4.74 Å². The number of halogens is 3. The van der Waals surface area contributed by atoms with Crippen molar-refractivity contribution in [2.75, 3.05) is 25.0 Å². The number of carbonyl (C=O) groups is 1. The van der Waals surface area contributed by atoms with Crippen LogP contribution in [0.15, 0.2) is 91.0 Å². The summed E-state index contributed by atoms with van der Waals surface area (Å²) in [5.74, 6) is 0.260. The van der Waals surface area contributed by atoms with E-state index in [1.807, 2.05) is 66.7 Å². The van der Waals surface area contributed by atoms with Gasteiger partial charge in [-0.1, -0.05) is 66.7 Å². The smallest absolute Gasteiger partial charge is 0.419 e. The summed E-state index contributed by atoms with van der Waals surface area (Å²) in [6.07, 6.45) is -3.54. The highest BCUT2D eigenvalue weighted by Crippen LogP contribution is 2.36. The molecule has 39 heavy (non-hydrogen) atoms. The van der Waals surface area contributed by atoms with Gasteiger partial charge in [0.25, 0.3) is 0 Å². The Morgan fingerprint density at radius 3 is 2.46 bits per heavy atom. The van der Waals surface area contributed by atoms with Crippen molar-refractivity contribution >= 4 is 22.5 Å². The summed E-state index contributed by atoms with van der Waals surface area (Å²) in [5.41, 5.74) is 1.88. The van der Waals surface area contributed by atoms with Crippen molar-refractivity contribution in [1.29, 1.82) is 0 Å². The van der Waals surface area contributed by atoms with Gasteiger partial charge in [0.2, 0.25) is 0 Å². The van der Waals surface area contributed by atoms with Gasteiger partial charge in [-0.3, -0.25) is 0 Å². The summed E-state index contributed by atoms with van der Waals surface area (Å²) in [7, 11) is 0. The van der Waals surface area contributed by atoms with E-state index in [0.29, 0.717) is 6.54 Å². The van der Waals surface area contributed by atoms with Crippen molar-refractivity contribution in [3.05, 3.63) is 108 Å². The summed E-state index contributed by atoms with van der Waals surface area (Å²) in [4.78, 5) is 12.6. The standard InChI is InChI=1S/C31H30F3N3O2/c32-31(33,34)28-7-3-4-8-29(28)39-20-21-9-11-23(12-10-21)27-15-16-35-18-25(27)19-36-30(38)37-26-14-13-22-5-1-2-6-24(22)17-26/h1-14,17,25,27,35H,15-16,18-20H2,(H2,36,37,38). The molecule has 202 valence electrons. The molecule has 1 fully saturated rings. The molecule has 0 saturated carbocycles. The fourth-order valence-corrected chi connectivity index (χ4v) is 5.09. The number of hydrogen-bond donors (Lipinski definition) is 3. The highest BCUT2D eigenvalue weighted by atomic mass is 19.4. The quantitative estimate of drug-likeness (QED) is 0.241. The second-order valence-corrected chi connectivity index (χ2v) is 9.78. The zero-order valence-corrected chi connectivity index (χ0v) is 21.3. The summed E-state index contributed by atoms with van der Waals surface area (Å²) in [5, 5.41) is 11.5. The lowest BCUT2D eigenvalue weighted by molar-refractivity contribution is -0.139. The van der Waals surface area contributed by atoms with E-state index in [2.05, 4.69) is 16.0 Å². The lowest BCUT2D eigenvalue weighted by Crippen LogP contribution is -2.43. The van der Waals surface area contributed by atoms with Crippen molar-refractivity contribution in [3.8, 4) is 5.75 Å². The zero-order valence-electron chi connectivity index (χ0n) is 21.3. The third kappa shape index (κ3) is 6.70. The third-order valence-corrected chi connectivity index (χ3v) is 7.13. The Morgan fingerprint density at radius 1 is 0.923 bits per heavy atom. The van der Waals surface area contributed by atoms with Crippen LogP contribution < -0.4 is 20.7 Å². The first-order valence-corrected chi connectivity index (χ1v) is 13.0. The topological polar surface area (TPSA) is 62.4 Å². The number of ether oxygens (including phenoxy) is 1. The monoisotopic (exact) mass is 533 g/mol. The Bertz CT molecular complexity index is 1420. The molecule has 0 aliphatic carbocycles. The van der Waals surface area contributed by atoms with Gasteiger partial charge in [0.1, 0.15) is 12.4 Å². The highest BCUT2D eigenvalue weighted by molar-refractivity contribution is 5.93. The van der Waals surface area contributed by atoms with Crippen LogP contribution in [0.1, 0.15) is 29.0 Å². The second-order valence-electron chi connectivity index (χ2n) is 9.78. The van der Waals surface area contributed by atoms with Crippen LogP contribution in [-0.2, 0) is 12.8 Å². The van der Waals surface area contributed by atoms with Crippen molar-refractivity contribution in [2.45, 2.75) is 25.1 Å². The lowest BCUT2D eigenvalue weighted by Gasteiger charge is -2.33. The molecular formula is C31H30F3N3O2. The number of carbonyl (C=O) groups excluding carboxylic acids is 1. The van der Waals surface area contributed by atoms with Crippen LogP contribution in [0.5, 0.6) is 5.75 Å². The number of benzene rings is 4. The zero-order chi connectivity index (χ0) is 27.2. The number of para-hydroxylation sites is 1. The Hall–Kier alpha value is -4.04. The Balaban J connectivity index is 1.17. The molecule has 0 spiro atoms. The molecule has 0 radical (unpaired) electrons. The molecule has 0 aromatic heterocycles. The summed E-state index contributed by atoms with van der Waals surface area (Å²) < 4.78 is 45.2. The second kappa shape index (κ2) is 11.8. The van der Waals surface area contributed by atoms with Crippen LogP contribution in [-0.4, -0.2) is 25.7 Å². The molecule has 1 aliphatic rings. The van der Waals surface area contributed by atoms with E-state index < -0.39 is 11.7 Å². The molecule has 5 nitrogen and oxygen atoms in total. The Labute approximate surface area is 225 Å². The molecule has 2 unspecified atom stereocenters. The van der Waals surface area contributed by atoms with Gasteiger partial charge in [-0.2, -0.15) is 13.2 Å². The number of hydrogen-bond acceptors (Lipinski definition) is 3. The highest BCUT2D eigenvalue weighted by Gasteiger charge is 2.34. The molecule has 8 heteroatoms. The number of amides is 2. The van der Waals surface area contributed by atoms with Gasteiger partial charge in [-0.25, -0.2) is 4.79 Å². The predicted octanol–water partition coefficient (Wildman–Crippen LogP) is 6.95.